The number of nitrogens with zero attached hydrogens (tertiary/aromatic N) is 2. The van der Waals surface area contributed by atoms with Crippen LogP contribution >= 0.6 is 0 Å². The zero-order valence-corrected chi connectivity index (χ0v) is 9.84. The van der Waals surface area contributed by atoms with Crippen molar-refractivity contribution in [3.8, 4) is 0 Å². The van der Waals surface area contributed by atoms with Gasteiger partial charge in [0, 0.05) is 25.0 Å². The fourth-order valence-electron chi connectivity index (χ4n) is 2.40. The first-order chi connectivity index (χ1) is 7.75. The largest absolute Gasteiger partial charge is 0.393 e. The lowest BCUT2D eigenvalue weighted by atomic mass is 9.92. The maximum Gasteiger partial charge on any atom is 0.0541 e. The third kappa shape index (κ3) is 3.03. The van der Waals surface area contributed by atoms with Gasteiger partial charge in [0.2, 0.25) is 0 Å². The molecular weight excluding hydrogens is 200 g/mol. The first-order valence-corrected chi connectivity index (χ1v) is 6.03. The summed E-state index contributed by atoms with van der Waals surface area (Å²) >= 11 is 0. The monoisotopic (exact) mass is 220 g/mol. The normalized spacial score (nSPS) is 25.9. The second-order valence-corrected chi connectivity index (χ2v) is 4.73. The third-order valence-electron chi connectivity index (χ3n) is 3.47. The molecule has 0 bridgehead atoms. The Balaban J connectivity index is 1.86. The molecule has 16 heavy (non-hydrogen) atoms. The standard InChI is InChI=1S/C13H20N2O/c1-15(10-11-6-8-14-9-7-11)12-2-4-13(16)5-3-12/h6-9,12-13,16H,2-5,10H2,1H3. The summed E-state index contributed by atoms with van der Waals surface area (Å²) in [5.41, 5.74) is 1.31. The Morgan fingerprint density at radius 1 is 1.25 bits per heavy atom. The first-order valence-electron chi connectivity index (χ1n) is 6.03. The van der Waals surface area contributed by atoms with Crippen molar-refractivity contribution in [3.63, 3.8) is 0 Å². The highest BCUT2D eigenvalue weighted by Crippen LogP contribution is 2.23. The van der Waals surface area contributed by atoms with Crippen molar-refractivity contribution in [2.45, 2.75) is 44.4 Å². The van der Waals surface area contributed by atoms with Gasteiger partial charge in [0.15, 0.2) is 0 Å². The van der Waals surface area contributed by atoms with Gasteiger partial charge in [-0.2, -0.15) is 0 Å². The van der Waals surface area contributed by atoms with E-state index >= 15 is 0 Å². The van der Waals surface area contributed by atoms with E-state index in [9.17, 15) is 5.11 Å². The topological polar surface area (TPSA) is 36.4 Å². The van der Waals surface area contributed by atoms with Crippen molar-refractivity contribution in [2.24, 2.45) is 0 Å². The summed E-state index contributed by atoms with van der Waals surface area (Å²) in [4.78, 5) is 6.41. The number of hydrogen-bond acceptors (Lipinski definition) is 3. The molecule has 1 saturated carbocycles. The van der Waals surface area contributed by atoms with Crippen LogP contribution in [0, 0.1) is 0 Å². The fraction of sp³-hybridized carbons (Fsp3) is 0.615. The molecule has 0 aliphatic heterocycles. The van der Waals surface area contributed by atoms with Crippen molar-refractivity contribution >= 4 is 0 Å². The average molecular weight is 220 g/mol. The molecule has 1 aliphatic carbocycles. The SMILES string of the molecule is CN(Cc1ccncc1)C1CCC(O)CC1. The van der Waals surface area contributed by atoms with Gasteiger partial charge in [-0.05, 0) is 50.4 Å². The van der Waals surface area contributed by atoms with E-state index in [-0.39, 0.29) is 6.10 Å². The number of hydrogen-bond donors (Lipinski definition) is 1. The minimum Gasteiger partial charge on any atom is -0.393 e. The molecule has 1 fully saturated rings. The Morgan fingerprint density at radius 2 is 1.88 bits per heavy atom. The summed E-state index contributed by atoms with van der Waals surface area (Å²) in [6.45, 7) is 0.975. The summed E-state index contributed by atoms with van der Waals surface area (Å²) in [6, 6.07) is 4.75. The molecule has 0 unspecified atom stereocenters. The van der Waals surface area contributed by atoms with Gasteiger partial charge in [-0.1, -0.05) is 0 Å². The van der Waals surface area contributed by atoms with E-state index in [1.54, 1.807) is 0 Å². The van der Waals surface area contributed by atoms with Crippen LogP contribution in [0.1, 0.15) is 31.2 Å². The van der Waals surface area contributed by atoms with Crippen LogP contribution in [0.5, 0.6) is 0 Å². The Hall–Kier alpha value is -0.930. The zero-order valence-electron chi connectivity index (χ0n) is 9.84. The van der Waals surface area contributed by atoms with E-state index in [2.05, 4.69) is 29.1 Å². The Morgan fingerprint density at radius 3 is 2.50 bits per heavy atom. The molecule has 0 aromatic carbocycles. The summed E-state index contributed by atoms with van der Waals surface area (Å²) < 4.78 is 0. The lowest BCUT2D eigenvalue weighted by Crippen LogP contribution is -2.35. The van der Waals surface area contributed by atoms with Gasteiger partial charge in [0.1, 0.15) is 0 Å². The van der Waals surface area contributed by atoms with Crippen LogP contribution in [0.25, 0.3) is 0 Å². The fourth-order valence-corrected chi connectivity index (χ4v) is 2.40. The lowest BCUT2D eigenvalue weighted by Gasteiger charge is -2.33. The molecule has 2 rings (SSSR count). The molecule has 0 amide bonds. The second-order valence-electron chi connectivity index (χ2n) is 4.73. The van der Waals surface area contributed by atoms with Crippen LogP contribution in [0.2, 0.25) is 0 Å². The quantitative estimate of drug-likeness (QED) is 0.844. The summed E-state index contributed by atoms with van der Waals surface area (Å²) in [7, 11) is 2.17. The van der Waals surface area contributed by atoms with Crippen molar-refractivity contribution < 1.29 is 5.11 Å². The zero-order chi connectivity index (χ0) is 11.4. The Kier molecular flexibility index (Phi) is 3.91. The molecule has 0 radical (unpaired) electrons. The molecule has 1 aromatic heterocycles. The molecule has 1 heterocycles. The highest BCUT2D eigenvalue weighted by molar-refractivity contribution is 5.09. The van der Waals surface area contributed by atoms with Crippen molar-refractivity contribution in [3.05, 3.63) is 30.1 Å². The van der Waals surface area contributed by atoms with E-state index in [1.165, 1.54) is 5.56 Å². The molecule has 3 heteroatoms. The van der Waals surface area contributed by atoms with E-state index in [0.29, 0.717) is 6.04 Å². The van der Waals surface area contributed by atoms with Gasteiger partial charge in [-0.3, -0.25) is 9.88 Å². The molecule has 0 saturated heterocycles. The van der Waals surface area contributed by atoms with Crippen molar-refractivity contribution in [1.29, 1.82) is 0 Å². The van der Waals surface area contributed by atoms with Crippen molar-refractivity contribution in [1.82, 2.24) is 9.88 Å². The average Bonchev–Trinajstić information content (AvgIpc) is 2.31. The van der Waals surface area contributed by atoms with Gasteiger partial charge in [0.05, 0.1) is 6.10 Å². The van der Waals surface area contributed by atoms with Crippen LogP contribution in [0.15, 0.2) is 24.5 Å². The first kappa shape index (κ1) is 11.6. The smallest absolute Gasteiger partial charge is 0.0541 e. The van der Waals surface area contributed by atoms with Gasteiger partial charge in [-0.15, -0.1) is 0 Å². The summed E-state index contributed by atoms with van der Waals surface area (Å²) in [5.74, 6) is 0. The van der Waals surface area contributed by atoms with Crippen molar-refractivity contribution in [2.75, 3.05) is 7.05 Å². The minimum atomic E-state index is -0.0643. The van der Waals surface area contributed by atoms with Gasteiger partial charge >= 0.3 is 0 Å². The van der Waals surface area contributed by atoms with Gasteiger partial charge in [-0.25, -0.2) is 0 Å². The molecule has 3 nitrogen and oxygen atoms in total. The van der Waals surface area contributed by atoms with Crippen LogP contribution in [0.3, 0.4) is 0 Å². The maximum absolute atomic E-state index is 9.47. The lowest BCUT2D eigenvalue weighted by molar-refractivity contribution is 0.0818. The number of aliphatic hydroxyl groups is 1. The van der Waals surface area contributed by atoms with Crippen LogP contribution in [-0.4, -0.2) is 34.2 Å². The molecule has 0 atom stereocenters. The summed E-state index contributed by atoms with van der Waals surface area (Å²) in [5, 5.41) is 9.47. The molecular formula is C13H20N2O. The van der Waals surface area contributed by atoms with Gasteiger partial charge < -0.3 is 5.11 Å². The summed E-state index contributed by atoms with van der Waals surface area (Å²) in [6.07, 6.45) is 7.75. The van der Waals surface area contributed by atoms with Crippen LogP contribution < -0.4 is 0 Å². The van der Waals surface area contributed by atoms with Gasteiger partial charge in [0.25, 0.3) is 0 Å². The molecule has 1 N–H and O–H groups in total. The predicted molar refractivity (Wildman–Crippen MR) is 64.0 cm³/mol. The Bertz CT molecular complexity index is 307. The van der Waals surface area contributed by atoms with E-state index in [4.69, 9.17) is 0 Å². The minimum absolute atomic E-state index is 0.0643. The highest BCUT2D eigenvalue weighted by Gasteiger charge is 2.22. The number of aliphatic hydroxyl groups excluding tert-OH is 1. The third-order valence-corrected chi connectivity index (χ3v) is 3.47. The molecule has 1 aliphatic rings. The highest BCUT2D eigenvalue weighted by atomic mass is 16.3. The van der Waals surface area contributed by atoms with E-state index < -0.39 is 0 Å². The second kappa shape index (κ2) is 5.41. The molecule has 0 spiro atoms. The van der Waals surface area contributed by atoms with E-state index in [1.807, 2.05) is 12.4 Å². The molecule has 1 aromatic rings. The Labute approximate surface area is 97.1 Å². The maximum atomic E-state index is 9.47. The van der Waals surface area contributed by atoms with Crippen LogP contribution in [-0.2, 0) is 6.54 Å². The number of rotatable bonds is 3. The van der Waals surface area contributed by atoms with Crippen LogP contribution in [0.4, 0.5) is 0 Å². The number of aromatic nitrogens is 1. The molecule has 88 valence electrons. The number of pyridine rings is 1. The predicted octanol–water partition coefficient (Wildman–Crippen LogP) is 1.82. The van der Waals surface area contributed by atoms with E-state index in [0.717, 1.165) is 32.2 Å².